The molecule has 1 atom stereocenters. The van der Waals surface area contributed by atoms with Crippen molar-refractivity contribution in [3.8, 4) is 0 Å². The first-order chi connectivity index (χ1) is 17.4. The first-order valence-corrected chi connectivity index (χ1v) is 12.8. The number of nitrogens with one attached hydrogen (secondary N) is 1. The molecule has 2 aromatic rings. The van der Waals surface area contributed by atoms with Crippen LogP contribution in [-0.2, 0) is 19.8 Å². The summed E-state index contributed by atoms with van der Waals surface area (Å²) < 4.78 is 0. The van der Waals surface area contributed by atoms with E-state index in [9.17, 15) is 14.4 Å². The maximum atomic E-state index is 13.6. The Morgan fingerprint density at radius 3 is 2.64 bits per heavy atom. The molecule has 6 rings (SSSR count). The van der Waals surface area contributed by atoms with Crippen LogP contribution in [0, 0.1) is 0 Å². The van der Waals surface area contributed by atoms with Crippen LogP contribution >= 0.6 is 0 Å². The smallest absolute Gasteiger partial charge is 0.238 e. The molecule has 9 nitrogen and oxygen atoms in total. The molecule has 0 radical (unpaired) electrons. The van der Waals surface area contributed by atoms with Gasteiger partial charge in [-0.05, 0) is 48.6 Å². The number of hydrogen-bond acceptors (Lipinski definition) is 7. The van der Waals surface area contributed by atoms with Gasteiger partial charge in [0.1, 0.15) is 12.1 Å². The standard InChI is InChI=1S/C27H32N6O3/c1-29-24(35)8-6-19(16-34)33-22-4-2-3-21(25(22)27(9-10-27)26(33)36)17-12-31(13-17)20-14-32(15-20)18-5-7-23(28)30-11-18/h2-5,7,11,16-17,19-20H,6,8-10,12-15H2,1H3,(H2,28,30)(H,29,35). The number of anilines is 3. The predicted molar refractivity (Wildman–Crippen MR) is 137 cm³/mol. The molecule has 3 fully saturated rings. The molecule has 1 aromatic carbocycles. The summed E-state index contributed by atoms with van der Waals surface area (Å²) in [6.07, 6.45) is 4.86. The number of aromatic nitrogens is 1. The van der Waals surface area contributed by atoms with Crippen LogP contribution in [0.3, 0.4) is 0 Å². The fourth-order valence-electron chi connectivity index (χ4n) is 6.14. The number of benzene rings is 1. The van der Waals surface area contributed by atoms with Gasteiger partial charge < -0.3 is 25.6 Å². The zero-order valence-corrected chi connectivity index (χ0v) is 20.5. The third-order valence-electron chi connectivity index (χ3n) is 8.49. The number of pyridine rings is 1. The van der Waals surface area contributed by atoms with Crippen LogP contribution in [0.2, 0.25) is 0 Å². The van der Waals surface area contributed by atoms with Crippen molar-refractivity contribution < 1.29 is 14.4 Å². The Kier molecular flexibility index (Phi) is 5.48. The van der Waals surface area contributed by atoms with Gasteiger partial charge in [0.15, 0.2) is 0 Å². The van der Waals surface area contributed by atoms with E-state index in [4.69, 9.17) is 5.73 Å². The van der Waals surface area contributed by atoms with Crippen molar-refractivity contribution in [2.24, 2.45) is 0 Å². The second-order valence-corrected chi connectivity index (χ2v) is 10.6. The Balaban J connectivity index is 1.16. The van der Waals surface area contributed by atoms with Crippen LogP contribution in [-0.4, -0.2) is 73.3 Å². The summed E-state index contributed by atoms with van der Waals surface area (Å²) in [6.45, 7) is 3.92. The van der Waals surface area contributed by atoms with Gasteiger partial charge in [-0.15, -0.1) is 0 Å². The predicted octanol–water partition coefficient (Wildman–Crippen LogP) is 1.42. The molecule has 36 heavy (non-hydrogen) atoms. The van der Waals surface area contributed by atoms with E-state index in [0.717, 1.165) is 62.2 Å². The first-order valence-electron chi connectivity index (χ1n) is 12.8. The molecular formula is C27H32N6O3. The summed E-state index contributed by atoms with van der Waals surface area (Å²) in [5.74, 6) is 0.827. The fraction of sp³-hybridized carbons (Fsp3) is 0.481. The Morgan fingerprint density at radius 1 is 1.22 bits per heavy atom. The average molecular weight is 489 g/mol. The van der Waals surface area contributed by atoms with Crippen molar-refractivity contribution in [3.05, 3.63) is 47.7 Å². The zero-order valence-electron chi connectivity index (χ0n) is 20.5. The van der Waals surface area contributed by atoms with Crippen molar-refractivity contribution >= 4 is 35.3 Å². The first kappa shape index (κ1) is 23.0. The highest BCUT2D eigenvalue weighted by molar-refractivity contribution is 6.12. The lowest BCUT2D eigenvalue weighted by Crippen LogP contribution is -2.64. The Hall–Kier alpha value is -3.46. The molecule has 1 aliphatic carbocycles. The van der Waals surface area contributed by atoms with Crippen molar-refractivity contribution in [1.29, 1.82) is 0 Å². The number of nitrogen functional groups attached to an aromatic ring is 1. The molecular weight excluding hydrogens is 456 g/mol. The molecule has 2 amide bonds. The highest BCUT2D eigenvalue weighted by atomic mass is 16.2. The van der Waals surface area contributed by atoms with Gasteiger partial charge in [0.05, 0.1) is 23.3 Å². The summed E-state index contributed by atoms with van der Waals surface area (Å²) >= 11 is 0. The molecule has 1 aromatic heterocycles. The normalized spacial score (nSPS) is 21.6. The van der Waals surface area contributed by atoms with E-state index in [0.29, 0.717) is 24.2 Å². The van der Waals surface area contributed by atoms with Crippen molar-refractivity contribution in [1.82, 2.24) is 15.2 Å². The van der Waals surface area contributed by atoms with E-state index in [1.165, 1.54) is 5.56 Å². The highest BCUT2D eigenvalue weighted by Gasteiger charge is 2.61. The lowest BCUT2D eigenvalue weighted by Gasteiger charge is -2.53. The zero-order chi connectivity index (χ0) is 25.0. The number of fused-ring (bicyclic) bond motifs is 2. The van der Waals surface area contributed by atoms with Crippen LogP contribution in [0.25, 0.3) is 0 Å². The Labute approximate surface area is 210 Å². The van der Waals surface area contributed by atoms with Gasteiger partial charge in [0.2, 0.25) is 11.8 Å². The number of rotatable bonds is 8. The minimum absolute atomic E-state index is 0.0295. The molecule has 9 heteroatoms. The number of nitrogens with two attached hydrogens (primary N) is 1. The van der Waals surface area contributed by atoms with Gasteiger partial charge in [-0.25, -0.2) is 4.98 Å². The summed E-state index contributed by atoms with van der Waals surface area (Å²) in [7, 11) is 1.58. The lowest BCUT2D eigenvalue weighted by atomic mass is 9.81. The van der Waals surface area contributed by atoms with E-state index in [1.807, 2.05) is 30.5 Å². The van der Waals surface area contributed by atoms with Crippen LogP contribution < -0.4 is 20.9 Å². The number of carbonyl (C=O) groups excluding carboxylic acids is 3. The van der Waals surface area contributed by atoms with Gasteiger partial charge in [-0.2, -0.15) is 0 Å². The molecule has 0 bridgehead atoms. The number of hydrogen-bond donors (Lipinski definition) is 2. The van der Waals surface area contributed by atoms with E-state index in [1.54, 1.807) is 11.9 Å². The monoisotopic (exact) mass is 488 g/mol. The highest BCUT2D eigenvalue weighted by Crippen LogP contribution is 2.60. The second-order valence-electron chi connectivity index (χ2n) is 10.6. The Morgan fingerprint density at radius 2 is 2.00 bits per heavy atom. The minimum atomic E-state index is -0.620. The van der Waals surface area contributed by atoms with Gasteiger partial charge in [-0.1, -0.05) is 12.1 Å². The Bertz CT molecular complexity index is 1200. The largest absolute Gasteiger partial charge is 0.384 e. The van der Waals surface area contributed by atoms with Crippen LogP contribution in [0.1, 0.15) is 42.7 Å². The van der Waals surface area contributed by atoms with Crippen LogP contribution in [0.15, 0.2) is 36.5 Å². The quantitative estimate of drug-likeness (QED) is 0.541. The third kappa shape index (κ3) is 3.56. The molecule has 3 N–H and O–H groups in total. The number of amides is 2. The maximum absolute atomic E-state index is 13.6. The van der Waals surface area contributed by atoms with Crippen LogP contribution in [0.4, 0.5) is 17.2 Å². The maximum Gasteiger partial charge on any atom is 0.238 e. The molecule has 3 aliphatic heterocycles. The second kappa shape index (κ2) is 8.58. The summed E-state index contributed by atoms with van der Waals surface area (Å²) in [5, 5.41) is 2.60. The molecule has 1 spiro atoms. The summed E-state index contributed by atoms with van der Waals surface area (Å²) in [4.78, 5) is 48.1. The minimum Gasteiger partial charge on any atom is -0.384 e. The van der Waals surface area contributed by atoms with Crippen molar-refractivity contribution in [3.63, 3.8) is 0 Å². The lowest BCUT2D eigenvalue weighted by molar-refractivity contribution is -0.123. The van der Waals surface area contributed by atoms with Gasteiger partial charge in [0, 0.05) is 57.3 Å². The van der Waals surface area contributed by atoms with Gasteiger partial charge in [-0.3, -0.25) is 14.5 Å². The van der Waals surface area contributed by atoms with Crippen molar-refractivity contribution in [2.45, 2.75) is 49.1 Å². The summed E-state index contributed by atoms with van der Waals surface area (Å²) in [6, 6.07) is 9.91. The molecule has 2 saturated heterocycles. The van der Waals surface area contributed by atoms with Gasteiger partial charge >= 0.3 is 0 Å². The topological polar surface area (TPSA) is 112 Å². The fourth-order valence-corrected chi connectivity index (χ4v) is 6.14. The number of likely N-dealkylation sites (tertiary alicyclic amines) is 1. The van der Waals surface area contributed by atoms with E-state index >= 15 is 0 Å². The van der Waals surface area contributed by atoms with E-state index < -0.39 is 11.5 Å². The van der Waals surface area contributed by atoms with E-state index in [-0.39, 0.29) is 18.2 Å². The number of carbonyl (C=O) groups is 3. The SMILES string of the molecule is CNC(=O)CCC(C=O)N1C(=O)C2(CC2)c2c(C3CN(C4CN(c5ccc(N)nc5)C4)C3)cccc21. The van der Waals surface area contributed by atoms with E-state index in [2.05, 4.69) is 26.2 Å². The number of nitrogens with zero attached hydrogens (tertiary/aromatic N) is 4. The molecule has 188 valence electrons. The molecule has 1 unspecified atom stereocenters. The molecule has 4 aliphatic rings. The van der Waals surface area contributed by atoms with Crippen molar-refractivity contribution in [2.75, 3.05) is 48.8 Å². The molecule has 4 heterocycles. The van der Waals surface area contributed by atoms with Gasteiger partial charge in [0.25, 0.3) is 0 Å². The molecule has 1 saturated carbocycles. The third-order valence-corrected chi connectivity index (χ3v) is 8.49. The summed E-state index contributed by atoms with van der Waals surface area (Å²) in [5.41, 5.74) is 9.59. The average Bonchev–Trinajstić information content (AvgIpc) is 3.59. The van der Waals surface area contributed by atoms with Crippen LogP contribution in [0.5, 0.6) is 0 Å². The number of aldehydes is 1.